The molecule has 0 aliphatic heterocycles. The van der Waals surface area contributed by atoms with Crippen molar-refractivity contribution < 1.29 is 9.47 Å². The van der Waals surface area contributed by atoms with Crippen LogP contribution in [0, 0.1) is 0 Å². The smallest absolute Gasteiger partial charge is 0.162 e. The number of rotatable bonds is 4. The van der Waals surface area contributed by atoms with Crippen LogP contribution < -0.4 is 15.2 Å². The highest BCUT2D eigenvalue weighted by Crippen LogP contribution is 2.39. The summed E-state index contributed by atoms with van der Waals surface area (Å²) in [5.74, 6) is 1.32. The molecule has 0 aliphatic rings. The molecule has 0 amide bonds. The van der Waals surface area contributed by atoms with Crippen molar-refractivity contribution >= 4 is 33.4 Å². The fourth-order valence-corrected chi connectivity index (χ4v) is 2.73. The zero-order valence-electron chi connectivity index (χ0n) is 10.6. The normalized spacial score (nSPS) is 10.3. The number of methoxy groups -OCH3 is 2. The monoisotopic (exact) mass is 339 g/mol. The van der Waals surface area contributed by atoms with Crippen LogP contribution in [0.25, 0.3) is 0 Å². The number of nitrogen functional groups attached to an aromatic ring is 1. The van der Waals surface area contributed by atoms with Gasteiger partial charge < -0.3 is 15.2 Å². The lowest BCUT2D eigenvalue weighted by atomic mass is 10.3. The van der Waals surface area contributed by atoms with Gasteiger partial charge in [0.15, 0.2) is 11.5 Å². The molecule has 5 heteroatoms. The minimum atomic E-state index is 0.639. The number of benzene rings is 2. The van der Waals surface area contributed by atoms with Crippen LogP contribution in [-0.4, -0.2) is 14.2 Å². The molecule has 0 radical (unpaired) electrons. The topological polar surface area (TPSA) is 44.5 Å². The summed E-state index contributed by atoms with van der Waals surface area (Å²) in [6, 6.07) is 11.7. The van der Waals surface area contributed by atoms with Crippen LogP contribution in [0.1, 0.15) is 0 Å². The maximum Gasteiger partial charge on any atom is 0.162 e. The molecule has 0 unspecified atom stereocenters. The predicted molar refractivity (Wildman–Crippen MR) is 82.2 cm³/mol. The predicted octanol–water partition coefficient (Wildman–Crippen LogP) is 4.20. The summed E-state index contributed by atoms with van der Waals surface area (Å²) in [7, 11) is 3.21. The third-order valence-electron chi connectivity index (χ3n) is 2.56. The third kappa shape index (κ3) is 3.36. The van der Waals surface area contributed by atoms with Gasteiger partial charge in [0.25, 0.3) is 0 Å². The van der Waals surface area contributed by atoms with Gasteiger partial charge in [0.05, 0.1) is 14.2 Å². The number of halogens is 1. The summed E-state index contributed by atoms with van der Waals surface area (Å²) in [4.78, 5) is 2.06. The molecule has 0 heterocycles. The number of anilines is 1. The Hall–Kier alpha value is -1.33. The van der Waals surface area contributed by atoms with Gasteiger partial charge in [0, 0.05) is 26.0 Å². The van der Waals surface area contributed by atoms with Crippen LogP contribution in [0.3, 0.4) is 0 Å². The SMILES string of the molecule is COc1cc(N)c(Sc2ccc(Br)cc2)cc1OC. The zero-order valence-corrected chi connectivity index (χ0v) is 13.0. The van der Waals surface area contributed by atoms with Crippen molar-refractivity contribution in [1.29, 1.82) is 0 Å². The maximum absolute atomic E-state index is 6.03. The molecular weight excluding hydrogens is 326 g/mol. The molecule has 0 atom stereocenters. The highest BCUT2D eigenvalue weighted by atomic mass is 79.9. The van der Waals surface area contributed by atoms with Crippen LogP contribution >= 0.6 is 27.7 Å². The van der Waals surface area contributed by atoms with E-state index in [1.807, 2.05) is 30.3 Å². The molecule has 2 rings (SSSR count). The first-order chi connectivity index (χ1) is 9.13. The molecule has 100 valence electrons. The lowest BCUT2D eigenvalue weighted by Gasteiger charge is -2.12. The lowest BCUT2D eigenvalue weighted by molar-refractivity contribution is 0.354. The summed E-state index contributed by atoms with van der Waals surface area (Å²) < 4.78 is 11.6. The van der Waals surface area contributed by atoms with Gasteiger partial charge >= 0.3 is 0 Å². The Morgan fingerprint density at radius 3 is 2.16 bits per heavy atom. The van der Waals surface area contributed by atoms with Crippen molar-refractivity contribution in [3.05, 3.63) is 40.9 Å². The molecule has 19 heavy (non-hydrogen) atoms. The van der Waals surface area contributed by atoms with E-state index in [4.69, 9.17) is 15.2 Å². The Bertz CT molecular complexity index is 572. The quantitative estimate of drug-likeness (QED) is 0.848. The highest BCUT2D eigenvalue weighted by Gasteiger charge is 2.10. The van der Waals surface area contributed by atoms with Crippen molar-refractivity contribution in [3.63, 3.8) is 0 Å². The second-order valence-corrected chi connectivity index (χ2v) is 5.83. The molecule has 0 saturated carbocycles. The van der Waals surface area contributed by atoms with Crippen molar-refractivity contribution in [2.24, 2.45) is 0 Å². The van der Waals surface area contributed by atoms with Crippen molar-refractivity contribution in [2.45, 2.75) is 9.79 Å². The molecule has 0 aliphatic carbocycles. The number of hydrogen-bond donors (Lipinski definition) is 1. The van der Waals surface area contributed by atoms with Crippen molar-refractivity contribution in [1.82, 2.24) is 0 Å². The minimum absolute atomic E-state index is 0.639. The Labute approximate surface area is 125 Å². The van der Waals surface area contributed by atoms with Crippen LogP contribution in [0.4, 0.5) is 5.69 Å². The van der Waals surface area contributed by atoms with Crippen LogP contribution in [0.2, 0.25) is 0 Å². The average molecular weight is 340 g/mol. The first-order valence-corrected chi connectivity index (χ1v) is 7.20. The Morgan fingerprint density at radius 2 is 1.58 bits per heavy atom. The molecule has 0 spiro atoms. The van der Waals surface area contributed by atoms with E-state index in [9.17, 15) is 0 Å². The van der Waals surface area contributed by atoms with Crippen LogP contribution in [0.5, 0.6) is 11.5 Å². The second kappa shape index (κ2) is 6.21. The van der Waals surface area contributed by atoms with E-state index in [0.717, 1.165) is 14.3 Å². The molecule has 2 N–H and O–H groups in total. The number of nitrogens with two attached hydrogens (primary N) is 1. The zero-order chi connectivity index (χ0) is 13.8. The first kappa shape index (κ1) is 14.1. The van der Waals surface area contributed by atoms with E-state index in [1.54, 1.807) is 32.0 Å². The average Bonchev–Trinajstić information content (AvgIpc) is 2.43. The molecule has 0 saturated heterocycles. The fraction of sp³-hybridized carbons (Fsp3) is 0.143. The van der Waals surface area contributed by atoms with Gasteiger partial charge in [-0.1, -0.05) is 27.7 Å². The van der Waals surface area contributed by atoms with Gasteiger partial charge in [-0.2, -0.15) is 0 Å². The van der Waals surface area contributed by atoms with Gasteiger partial charge in [-0.15, -0.1) is 0 Å². The van der Waals surface area contributed by atoms with E-state index >= 15 is 0 Å². The molecule has 0 bridgehead atoms. The van der Waals surface area contributed by atoms with Crippen LogP contribution in [-0.2, 0) is 0 Å². The number of hydrogen-bond acceptors (Lipinski definition) is 4. The van der Waals surface area contributed by atoms with Gasteiger partial charge in [0.1, 0.15) is 0 Å². The van der Waals surface area contributed by atoms with E-state index in [-0.39, 0.29) is 0 Å². The minimum Gasteiger partial charge on any atom is -0.493 e. The van der Waals surface area contributed by atoms with Gasteiger partial charge in [-0.25, -0.2) is 0 Å². The van der Waals surface area contributed by atoms with Crippen LogP contribution in [0.15, 0.2) is 50.7 Å². The summed E-state index contributed by atoms with van der Waals surface area (Å²) >= 11 is 5.01. The first-order valence-electron chi connectivity index (χ1n) is 5.59. The molecule has 2 aromatic rings. The molecule has 0 aromatic heterocycles. The summed E-state index contributed by atoms with van der Waals surface area (Å²) in [6.07, 6.45) is 0. The largest absolute Gasteiger partial charge is 0.493 e. The summed E-state index contributed by atoms with van der Waals surface area (Å²) in [5, 5.41) is 0. The number of ether oxygens (including phenoxy) is 2. The van der Waals surface area contributed by atoms with Crippen molar-refractivity contribution in [3.8, 4) is 11.5 Å². The lowest BCUT2D eigenvalue weighted by Crippen LogP contribution is -1.95. The molecular formula is C14H14BrNO2S. The van der Waals surface area contributed by atoms with Gasteiger partial charge in [0.2, 0.25) is 0 Å². The van der Waals surface area contributed by atoms with E-state index in [1.165, 1.54) is 0 Å². The molecule has 2 aromatic carbocycles. The summed E-state index contributed by atoms with van der Waals surface area (Å²) in [6.45, 7) is 0. The highest BCUT2D eigenvalue weighted by molar-refractivity contribution is 9.10. The maximum atomic E-state index is 6.03. The van der Waals surface area contributed by atoms with Gasteiger partial charge in [-0.05, 0) is 30.3 Å². The fourth-order valence-electron chi connectivity index (χ4n) is 1.59. The Morgan fingerprint density at radius 1 is 1.00 bits per heavy atom. The van der Waals surface area contributed by atoms with E-state index in [2.05, 4.69) is 15.9 Å². The molecule has 0 fully saturated rings. The second-order valence-electron chi connectivity index (χ2n) is 3.80. The third-order valence-corrected chi connectivity index (χ3v) is 4.17. The summed E-state index contributed by atoms with van der Waals surface area (Å²) in [5.41, 5.74) is 6.70. The van der Waals surface area contributed by atoms with Gasteiger partial charge in [-0.3, -0.25) is 0 Å². The van der Waals surface area contributed by atoms with Crippen molar-refractivity contribution in [2.75, 3.05) is 20.0 Å². The standard InChI is InChI=1S/C14H14BrNO2S/c1-17-12-7-11(16)14(8-13(12)18-2)19-10-5-3-9(15)4-6-10/h3-8H,16H2,1-2H3. The van der Waals surface area contributed by atoms with E-state index in [0.29, 0.717) is 17.2 Å². The Balaban J connectivity index is 2.32. The Kier molecular flexibility index (Phi) is 4.61. The van der Waals surface area contributed by atoms with E-state index < -0.39 is 0 Å². The molecule has 3 nitrogen and oxygen atoms in total.